The smallest absolute Gasteiger partial charge is 0.312 e. The number of carbonyl (C=O) groups excluding carboxylic acids is 3. The summed E-state index contributed by atoms with van der Waals surface area (Å²) in [4.78, 5) is 45.5. The number of rotatable bonds is 7. The van der Waals surface area contributed by atoms with Gasteiger partial charge in [-0.2, -0.15) is 0 Å². The number of halogens is 6. The predicted octanol–water partition coefficient (Wildman–Crippen LogP) is 6.58. The van der Waals surface area contributed by atoms with E-state index in [1.807, 2.05) is 0 Å². The Morgan fingerprint density at radius 1 is 1.10 bits per heavy atom. The van der Waals surface area contributed by atoms with E-state index in [0.717, 1.165) is 12.8 Å². The Bertz CT molecular complexity index is 1500. The monoisotopic (exact) mass is 657 g/mol. The first-order valence-corrected chi connectivity index (χ1v) is 14.9. The first-order chi connectivity index (χ1) is 19.9. The third-order valence-corrected chi connectivity index (χ3v) is 9.43. The summed E-state index contributed by atoms with van der Waals surface area (Å²) in [7, 11) is 0. The van der Waals surface area contributed by atoms with Gasteiger partial charge in [-0.1, -0.05) is 59.1 Å². The first-order valence-electron chi connectivity index (χ1n) is 13.4. The van der Waals surface area contributed by atoms with Gasteiger partial charge in [0.05, 0.1) is 23.2 Å². The van der Waals surface area contributed by atoms with Crippen molar-refractivity contribution in [3.63, 3.8) is 0 Å². The zero-order valence-electron chi connectivity index (χ0n) is 22.0. The first kappa shape index (κ1) is 29.6. The number of amides is 2. The second-order valence-electron chi connectivity index (χ2n) is 11.2. The van der Waals surface area contributed by atoms with Crippen LogP contribution in [0.2, 0.25) is 20.1 Å². The maximum Gasteiger partial charge on any atom is 0.312 e. The molecule has 0 aromatic heterocycles. The van der Waals surface area contributed by atoms with Crippen molar-refractivity contribution in [1.29, 1.82) is 0 Å². The lowest BCUT2D eigenvalue weighted by Crippen LogP contribution is -2.55. The molecule has 42 heavy (non-hydrogen) atoms. The number of benzene rings is 2. The number of fused-ring (bicyclic) bond motifs is 4. The molecule has 4 aliphatic rings. The maximum atomic E-state index is 15.3. The third kappa shape index (κ3) is 4.78. The number of ether oxygens (including phenoxy) is 1. The Labute approximate surface area is 260 Å². The zero-order chi connectivity index (χ0) is 30.1. The summed E-state index contributed by atoms with van der Waals surface area (Å²) < 4.78 is 36.0. The van der Waals surface area contributed by atoms with Crippen LogP contribution >= 0.6 is 46.4 Å². The molecule has 13 heteroatoms. The molecule has 1 spiro atoms. The molecule has 1 N–H and O–H groups in total. The number of hydrogen-bond donors (Lipinski definition) is 1. The Kier molecular flexibility index (Phi) is 7.50. The van der Waals surface area contributed by atoms with E-state index in [4.69, 9.17) is 51.1 Å². The van der Waals surface area contributed by atoms with Crippen LogP contribution < -0.4 is 10.2 Å². The molecule has 0 radical (unpaired) electrons. The van der Waals surface area contributed by atoms with E-state index >= 15 is 8.78 Å². The minimum atomic E-state index is -3.25. The lowest BCUT2D eigenvalue weighted by molar-refractivity contribution is -0.158. The fraction of sp³-hybridized carbons (Fsp3) is 0.414. The van der Waals surface area contributed by atoms with Gasteiger partial charge in [0.25, 0.3) is 11.8 Å². The van der Waals surface area contributed by atoms with E-state index in [0.29, 0.717) is 5.69 Å². The molecule has 222 valence electrons. The Morgan fingerprint density at radius 2 is 1.76 bits per heavy atom. The van der Waals surface area contributed by atoms with Crippen molar-refractivity contribution in [3.8, 4) is 0 Å². The summed E-state index contributed by atoms with van der Waals surface area (Å²) in [6.07, 6.45) is 2.34. The fourth-order valence-corrected chi connectivity index (χ4v) is 7.81. The number of nitrogens with one attached hydrogen (secondary N) is 1. The average Bonchev–Trinajstić information content (AvgIpc) is 3.53. The van der Waals surface area contributed by atoms with Crippen molar-refractivity contribution >= 4 is 75.6 Å². The molecule has 2 saturated heterocycles. The average molecular weight is 659 g/mol. The van der Waals surface area contributed by atoms with E-state index in [-0.39, 0.29) is 50.4 Å². The quantitative estimate of drug-likeness (QED) is 0.269. The van der Waals surface area contributed by atoms with E-state index in [1.165, 1.54) is 34.1 Å². The minimum Gasteiger partial charge on any atom is -0.461 e. The van der Waals surface area contributed by atoms with E-state index in [1.54, 1.807) is 12.1 Å². The number of alkyl halides is 2. The van der Waals surface area contributed by atoms with Crippen LogP contribution in [0.4, 0.5) is 20.2 Å². The Hall–Kier alpha value is -2.43. The van der Waals surface area contributed by atoms with Crippen molar-refractivity contribution < 1.29 is 27.9 Å². The van der Waals surface area contributed by atoms with Crippen LogP contribution in [0.15, 0.2) is 43.0 Å². The standard InChI is InChI=1S/C29H25Cl4F2N3O4/c1-2-5-42-26(40)23-22(25(39)37(12-14-3-4-14)18-7-15(30)6-16(31)8-18)21-11-28(34,35)13-38(21)29(23)19-9-17(32)10-20(33)24(19)36-27(29)41/h2,6-10,14,21-23H,1,3-5,11-13H2,(H,36,41)/t21-,22+,23-,29+/m1/s1. The molecule has 4 atom stereocenters. The van der Waals surface area contributed by atoms with Crippen LogP contribution in [0.5, 0.6) is 0 Å². The second-order valence-corrected chi connectivity index (χ2v) is 12.9. The lowest BCUT2D eigenvalue weighted by atomic mass is 9.73. The number of esters is 1. The summed E-state index contributed by atoms with van der Waals surface area (Å²) >= 11 is 25.4. The molecule has 2 aromatic carbocycles. The molecule has 2 amide bonds. The highest BCUT2D eigenvalue weighted by Crippen LogP contribution is 2.61. The Balaban J connectivity index is 1.56. The highest BCUT2D eigenvalue weighted by Gasteiger charge is 2.75. The maximum absolute atomic E-state index is 15.3. The fourth-order valence-electron chi connectivity index (χ4n) is 6.75. The predicted molar refractivity (Wildman–Crippen MR) is 157 cm³/mol. The third-order valence-electron chi connectivity index (χ3n) is 8.48. The number of hydrogen-bond acceptors (Lipinski definition) is 5. The second kappa shape index (κ2) is 10.6. The van der Waals surface area contributed by atoms with E-state index in [9.17, 15) is 14.4 Å². The summed E-state index contributed by atoms with van der Waals surface area (Å²) in [6, 6.07) is 6.26. The van der Waals surface area contributed by atoms with Crippen LogP contribution in [0, 0.1) is 17.8 Å². The molecule has 0 unspecified atom stereocenters. The summed E-state index contributed by atoms with van der Waals surface area (Å²) in [5.74, 6) is -8.28. The minimum absolute atomic E-state index is 0.0714. The molecule has 3 aliphatic heterocycles. The molecule has 1 aliphatic carbocycles. The summed E-state index contributed by atoms with van der Waals surface area (Å²) in [6.45, 7) is 2.76. The topological polar surface area (TPSA) is 79.0 Å². The van der Waals surface area contributed by atoms with Gasteiger partial charge in [0.15, 0.2) is 0 Å². The highest BCUT2D eigenvalue weighted by molar-refractivity contribution is 6.38. The van der Waals surface area contributed by atoms with Gasteiger partial charge < -0.3 is 15.0 Å². The highest BCUT2D eigenvalue weighted by atomic mass is 35.5. The molecule has 3 heterocycles. The Morgan fingerprint density at radius 3 is 2.40 bits per heavy atom. The molecule has 3 fully saturated rings. The van der Waals surface area contributed by atoms with Gasteiger partial charge in [-0.3, -0.25) is 19.3 Å². The normalized spacial score (nSPS) is 27.5. The lowest BCUT2D eigenvalue weighted by Gasteiger charge is -2.36. The van der Waals surface area contributed by atoms with Crippen molar-refractivity contribution in [2.45, 2.75) is 36.8 Å². The van der Waals surface area contributed by atoms with Crippen LogP contribution in [0.1, 0.15) is 24.8 Å². The summed E-state index contributed by atoms with van der Waals surface area (Å²) in [5.41, 5.74) is -1.39. The molecular weight excluding hydrogens is 634 g/mol. The van der Waals surface area contributed by atoms with Crippen LogP contribution in [0.25, 0.3) is 0 Å². The van der Waals surface area contributed by atoms with Gasteiger partial charge in [0, 0.05) is 45.3 Å². The molecule has 2 aromatic rings. The van der Waals surface area contributed by atoms with Gasteiger partial charge in [-0.15, -0.1) is 0 Å². The van der Waals surface area contributed by atoms with Crippen molar-refractivity contribution in [1.82, 2.24) is 4.90 Å². The van der Waals surface area contributed by atoms with Gasteiger partial charge in [0.1, 0.15) is 18.1 Å². The van der Waals surface area contributed by atoms with Crippen LogP contribution in [-0.2, 0) is 24.7 Å². The van der Waals surface area contributed by atoms with Gasteiger partial charge in [0.2, 0.25) is 5.91 Å². The number of anilines is 2. The molecule has 6 rings (SSSR count). The van der Waals surface area contributed by atoms with Gasteiger partial charge in [-0.25, -0.2) is 8.78 Å². The van der Waals surface area contributed by atoms with E-state index < -0.39 is 60.1 Å². The van der Waals surface area contributed by atoms with Crippen molar-refractivity contribution in [3.05, 3.63) is 68.6 Å². The van der Waals surface area contributed by atoms with Crippen molar-refractivity contribution in [2.75, 3.05) is 29.9 Å². The molecular formula is C29H25Cl4F2N3O4. The SMILES string of the molecule is C=CCOC(=O)[C@H]1[C@@H](C(=O)N(CC2CC2)c2cc(Cl)cc(Cl)c2)[C@H]2CC(F)(F)CN2[C@]12C(=O)Nc1c(Cl)cc(Cl)cc12. The van der Waals surface area contributed by atoms with Crippen LogP contribution in [-0.4, -0.2) is 54.3 Å². The largest absolute Gasteiger partial charge is 0.461 e. The van der Waals surface area contributed by atoms with Gasteiger partial charge in [-0.05, 0) is 49.1 Å². The van der Waals surface area contributed by atoms with E-state index in [2.05, 4.69) is 11.9 Å². The van der Waals surface area contributed by atoms with Crippen LogP contribution in [0.3, 0.4) is 0 Å². The molecule has 7 nitrogen and oxygen atoms in total. The molecule has 1 saturated carbocycles. The molecule has 0 bridgehead atoms. The van der Waals surface area contributed by atoms with Crippen molar-refractivity contribution in [2.24, 2.45) is 17.8 Å². The number of nitrogens with zero attached hydrogens (tertiary/aromatic N) is 2. The number of carbonyl (C=O) groups is 3. The van der Waals surface area contributed by atoms with Gasteiger partial charge >= 0.3 is 5.97 Å². The summed E-state index contributed by atoms with van der Waals surface area (Å²) in [5, 5.41) is 3.44. The zero-order valence-corrected chi connectivity index (χ0v) is 25.0.